The molecule has 2 aliphatic rings. The number of piperidine rings is 1. The molecule has 0 spiro atoms. The van der Waals surface area contributed by atoms with Crippen LogP contribution in [0.25, 0.3) is 0 Å². The topological polar surface area (TPSA) is 70.7 Å². The van der Waals surface area contributed by atoms with Gasteiger partial charge in [0, 0.05) is 30.9 Å². The Bertz CT molecular complexity index is 664. The van der Waals surface area contributed by atoms with Crippen molar-refractivity contribution < 1.29 is 14.3 Å². The van der Waals surface area contributed by atoms with E-state index in [1.165, 1.54) is 19.3 Å². The van der Waals surface area contributed by atoms with Crippen LogP contribution in [0.15, 0.2) is 24.3 Å². The minimum absolute atomic E-state index is 0.104. The predicted octanol–water partition coefficient (Wildman–Crippen LogP) is 3.63. The van der Waals surface area contributed by atoms with Crippen molar-refractivity contribution in [1.29, 1.82) is 0 Å². The zero-order valence-corrected chi connectivity index (χ0v) is 16.4. The average molecular weight is 373 g/mol. The maximum absolute atomic E-state index is 12.7. The first kappa shape index (κ1) is 19.5. The number of rotatable bonds is 4. The van der Waals surface area contributed by atoms with Crippen LogP contribution in [0.5, 0.6) is 5.75 Å². The van der Waals surface area contributed by atoms with Crippen LogP contribution in [0.3, 0.4) is 0 Å². The summed E-state index contributed by atoms with van der Waals surface area (Å²) in [6, 6.07) is 7.42. The second-order valence-electron chi connectivity index (χ2n) is 7.82. The smallest absolute Gasteiger partial charge is 0.321 e. The molecule has 2 fully saturated rings. The predicted molar refractivity (Wildman–Crippen MR) is 106 cm³/mol. The molecule has 0 bridgehead atoms. The lowest BCUT2D eigenvalue weighted by Crippen LogP contribution is -2.50. The molecule has 1 aromatic carbocycles. The largest absolute Gasteiger partial charge is 0.497 e. The fourth-order valence-electron chi connectivity index (χ4n) is 4.11. The van der Waals surface area contributed by atoms with E-state index >= 15 is 0 Å². The normalized spacial score (nSPS) is 25.6. The average Bonchev–Trinajstić information content (AvgIpc) is 2.70. The number of anilines is 1. The van der Waals surface area contributed by atoms with E-state index in [-0.39, 0.29) is 23.9 Å². The molecule has 6 heteroatoms. The Labute approximate surface area is 161 Å². The summed E-state index contributed by atoms with van der Waals surface area (Å²) >= 11 is 0. The number of hydrogen-bond donors (Lipinski definition) is 2. The van der Waals surface area contributed by atoms with E-state index in [2.05, 4.69) is 17.6 Å². The number of nitrogens with zero attached hydrogens (tertiary/aromatic N) is 1. The summed E-state index contributed by atoms with van der Waals surface area (Å²) in [5.41, 5.74) is 0.696. The number of nitrogens with one attached hydrogen (secondary N) is 2. The molecule has 3 atom stereocenters. The van der Waals surface area contributed by atoms with Gasteiger partial charge in [-0.05, 0) is 43.7 Å². The minimum Gasteiger partial charge on any atom is -0.497 e. The molecular formula is C21H31N3O3. The van der Waals surface area contributed by atoms with Gasteiger partial charge in [0.25, 0.3) is 0 Å². The second-order valence-corrected chi connectivity index (χ2v) is 7.82. The van der Waals surface area contributed by atoms with Crippen LogP contribution < -0.4 is 15.4 Å². The summed E-state index contributed by atoms with van der Waals surface area (Å²) in [7, 11) is 1.60. The van der Waals surface area contributed by atoms with Crippen LogP contribution in [0.2, 0.25) is 0 Å². The lowest BCUT2D eigenvalue weighted by atomic mass is 9.85. The molecular weight excluding hydrogens is 342 g/mol. The molecule has 0 unspecified atom stereocenters. The van der Waals surface area contributed by atoms with Crippen molar-refractivity contribution >= 4 is 17.6 Å². The Morgan fingerprint density at radius 1 is 1.15 bits per heavy atom. The van der Waals surface area contributed by atoms with Crippen molar-refractivity contribution in [1.82, 2.24) is 10.2 Å². The van der Waals surface area contributed by atoms with Crippen molar-refractivity contribution in [3.8, 4) is 5.75 Å². The SMILES string of the molecule is COc1cccc(NC(=O)N2CCC[C@@H](C(=O)N[C@H]3CCCC[C@H]3C)C2)c1. The van der Waals surface area contributed by atoms with E-state index in [9.17, 15) is 9.59 Å². The van der Waals surface area contributed by atoms with Crippen molar-refractivity contribution in [2.75, 3.05) is 25.5 Å². The van der Waals surface area contributed by atoms with Crippen LogP contribution in [0, 0.1) is 11.8 Å². The number of urea groups is 1. The number of carbonyl (C=O) groups is 2. The Morgan fingerprint density at radius 2 is 1.96 bits per heavy atom. The first-order valence-electron chi connectivity index (χ1n) is 10.1. The fraction of sp³-hybridized carbons (Fsp3) is 0.619. The highest BCUT2D eigenvalue weighted by Gasteiger charge is 2.31. The maximum atomic E-state index is 12.7. The van der Waals surface area contributed by atoms with Gasteiger partial charge in [-0.2, -0.15) is 0 Å². The summed E-state index contributed by atoms with van der Waals surface area (Å²) in [6.45, 7) is 3.38. The molecule has 1 saturated heterocycles. The summed E-state index contributed by atoms with van der Waals surface area (Å²) in [5.74, 6) is 1.22. The van der Waals surface area contributed by atoms with Crippen LogP contribution >= 0.6 is 0 Å². The molecule has 2 N–H and O–H groups in total. The highest BCUT2D eigenvalue weighted by molar-refractivity contribution is 5.90. The van der Waals surface area contributed by atoms with E-state index in [4.69, 9.17) is 4.74 Å². The number of carbonyl (C=O) groups excluding carboxylic acids is 2. The van der Waals surface area contributed by atoms with Gasteiger partial charge in [-0.25, -0.2) is 4.79 Å². The molecule has 148 valence electrons. The Kier molecular flexibility index (Phi) is 6.58. The molecule has 3 amide bonds. The molecule has 6 nitrogen and oxygen atoms in total. The number of hydrogen-bond acceptors (Lipinski definition) is 3. The van der Waals surface area contributed by atoms with Gasteiger partial charge < -0.3 is 20.3 Å². The zero-order valence-electron chi connectivity index (χ0n) is 16.4. The van der Waals surface area contributed by atoms with Gasteiger partial charge in [-0.3, -0.25) is 4.79 Å². The Balaban J connectivity index is 1.54. The van der Waals surface area contributed by atoms with Gasteiger partial charge in [-0.1, -0.05) is 25.8 Å². The lowest BCUT2D eigenvalue weighted by Gasteiger charge is -2.35. The highest BCUT2D eigenvalue weighted by Crippen LogP contribution is 2.25. The van der Waals surface area contributed by atoms with E-state index in [0.717, 1.165) is 19.3 Å². The molecule has 1 saturated carbocycles. The Morgan fingerprint density at radius 3 is 2.74 bits per heavy atom. The van der Waals surface area contributed by atoms with Gasteiger partial charge in [0.05, 0.1) is 13.0 Å². The maximum Gasteiger partial charge on any atom is 0.321 e. The fourth-order valence-corrected chi connectivity index (χ4v) is 4.11. The number of amides is 3. The lowest BCUT2D eigenvalue weighted by molar-refractivity contribution is -0.127. The van der Waals surface area contributed by atoms with E-state index in [1.807, 2.05) is 18.2 Å². The molecule has 1 aliphatic carbocycles. The van der Waals surface area contributed by atoms with Crippen LogP contribution in [-0.2, 0) is 4.79 Å². The summed E-state index contributed by atoms with van der Waals surface area (Å²) in [4.78, 5) is 27.1. The van der Waals surface area contributed by atoms with Crippen molar-refractivity contribution in [3.05, 3.63) is 24.3 Å². The molecule has 1 aliphatic heterocycles. The van der Waals surface area contributed by atoms with Crippen LogP contribution in [-0.4, -0.2) is 43.1 Å². The van der Waals surface area contributed by atoms with Crippen LogP contribution in [0.1, 0.15) is 45.4 Å². The number of ether oxygens (including phenoxy) is 1. The number of likely N-dealkylation sites (tertiary alicyclic amines) is 1. The number of methoxy groups -OCH3 is 1. The van der Waals surface area contributed by atoms with Crippen molar-refractivity contribution in [2.45, 2.75) is 51.5 Å². The van der Waals surface area contributed by atoms with E-state index < -0.39 is 0 Å². The van der Waals surface area contributed by atoms with Gasteiger partial charge >= 0.3 is 6.03 Å². The van der Waals surface area contributed by atoms with E-state index in [1.54, 1.807) is 18.1 Å². The molecule has 3 rings (SSSR count). The van der Waals surface area contributed by atoms with Crippen molar-refractivity contribution in [3.63, 3.8) is 0 Å². The van der Waals surface area contributed by atoms with Gasteiger partial charge in [0.15, 0.2) is 0 Å². The third kappa shape index (κ3) is 5.15. The third-order valence-electron chi connectivity index (χ3n) is 5.84. The number of benzene rings is 1. The molecule has 1 aromatic rings. The first-order chi connectivity index (χ1) is 13.1. The van der Waals surface area contributed by atoms with Gasteiger partial charge in [0.1, 0.15) is 5.75 Å². The first-order valence-corrected chi connectivity index (χ1v) is 10.1. The van der Waals surface area contributed by atoms with Gasteiger partial charge in [-0.15, -0.1) is 0 Å². The van der Waals surface area contributed by atoms with Crippen molar-refractivity contribution in [2.24, 2.45) is 11.8 Å². The molecule has 27 heavy (non-hydrogen) atoms. The summed E-state index contributed by atoms with van der Waals surface area (Å²) < 4.78 is 5.19. The summed E-state index contributed by atoms with van der Waals surface area (Å²) in [5, 5.41) is 6.16. The quantitative estimate of drug-likeness (QED) is 0.847. The zero-order chi connectivity index (χ0) is 19.2. The standard InChI is InChI=1S/C21H31N3O3/c1-15-7-3-4-11-19(15)23-20(25)16-8-6-12-24(14-16)21(26)22-17-9-5-10-18(13-17)27-2/h5,9-10,13,15-16,19H,3-4,6-8,11-12,14H2,1-2H3,(H,22,26)(H,23,25)/t15-,16-,19+/m1/s1. The van der Waals surface area contributed by atoms with E-state index in [0.29, 0.717) is 30.4 Å². The molecule has 0 aromatic heterocycles. The summed E-state index contributed by atoms with van der Waals surface area (Å²) in [6.07, 6.45) is 6.40. The minimum atomic E-state index is -0.160. The van der Waals surface area contributed by atoms with Crippen LogP contribution in [0.4, 0.5) is 10.5 Å². The third-order valence-corrected chi connectivity index (χ3v) is 5.84. The second kappa shape index (κ2) is 9.11. The monoisotopic (exact) mass is 373 g/mol. The molecule has 0 radical (unpaired) electrons. The van der Waals surface area contributed by atoms with Gasteiger partial charge in [0.2, 0.25) is 5.91 Å². The molecule has 1 heterocycles. The Hall–Kier alpha value is -2.24. The highest BCUT2D eigenvalue weighted by atomic mass is 16.5.